The standard InChI is InChI=1S/C15H20N2O4S/c1-10(8-15(20)21)16-13(18)2-3-14(19)17-6-4-12-11(9-17)5-7-22-12/h5,7,10H,2-4,6,8-9H2,1H3,(H,16,18)(H,20,21). The van der Waals surface area contributed by atoms with E-state index in [-0.39, 0.29) is 31.1 Å². The molecule has 22 heavy (non-hydrogen) atoms. The summed E-state index contributed by atoms with van der Waals surface area (Å²) in [6.45, 7) is 2.95. The predicted octanol–water partition coefficient (Wildman–Crippen LogP) is 1.39. The molecule has 120 valence electrons. The predicted molar refractivity (Wildman–Crippen MR) is 82.5 cm³/mol. The Labute approximate surface area is 133 Å². The van der Waals surface area contributed by atoms with Gasteiger partial charge in [-0.15, -0.1) is 11.3 Å². The zero-order valence-electron chi connectivity index (χ0n) is 12.5. The Balaban J connectivity index is 1.74. The molecule has 1 aromatic rings. The van der Waals surface area contributed by atoms with Gasteiger partial charge < -0.3 is 15.3 Å². The molecule has 0 saturated carbocycles. The molecule has 1 atom stereocenters. The van der Waals surface area contributed by atoms with Gasteiger partial charge in [0.1, 0.15) is 0 Å². The van der Waals surface area contributed by atoms with E-state index in [1.165, 1.54) is 10.4 Å². The third-order valence-corrected chi connectivity index (χ3v) is 4.64. The van der Waals surface area contributed by atoms with E-state index in [0.717, 1.165) is 6.42 Å². The molecular formula is C15H20N2O4S. The van der Waals surface area contributed by atoms with Gasteiger partial charge in [-0.05, 0) is 30.4 Å². The molecule has 0 aromatic carbocycles. The maximum atomic E-state index is 12.2. The van der Waals surface area contributed by atoms with Crippen molar-refractivity contribution in [3.8, 4) is 0 Å². The van der Waals surface area contributed by atoms with Crippen LogP contribution in [0.2, 0.25) is 0 Å². The Hall–Kier alpha value is -1.89. The number of nitrogens with zero attached hydrogens (tertiary/aromatic N) is 1. The molecule has 2 N–H and O–H groups in total. The van der Waals surface area contributed by atoms with Crippen LogP contribution in [0.25, 0.3) is 0 Å². The highest BCUT2D eigenvalue weighted by Crippen LogP contribution is 2.24. The van der Waals surface area contributed by atoms with Crippen molar-refractivity contribution >= 4 is 29.1 Å². The lowest BCUT2D eigenvalue weighted by molar-refractivity contribution is -0.138. The number of carbonyl (C=O) groups is 3. The van der Waals surface area contributed by atoms with Crippen LogP contribution >= 0.6 is 11.3 Å². The summed E-state index contributed by atoms with van der Waals surface area (Å²) in [4.78, 5) is 37.5. The minimum absolute atomic E-state index is 0.0297. The van der Waals surface area contributed by atoms with Crippen LogP contribution in [-0.2, 0) is 27.3 Å². The monoisotopic (exact) mass is 324 g/mol. The van der Waals surface area contributed by atoms with Crippen LogP contribution in [-0.4, -0.2) is 40.4 Å². The highest BCUT2D eigenvalue weighted by Gasteiger charge is 2.22. The normalized spacial score (nSPS) is 15.0. The highest BCUT2D eigenvalue weighted by atomic mass is 32.1. The van der Waals surface area contributed by atoms with E-state index in [2.05, 4.69) is 5.32 Å². The van der Waals surface area contributed by atoms with Gasteiger partial charge in [0.25, 0.3) is 0 Å². The summed E-state index contributed by atoms with van der Waals surface area (Å²) in [6.07, 6.45) is 1.01. The van der Waals surface area contributed by atoms with Crippen LogP contribution in [0.1, 0.15) is 36.6 Å². The van der Waals surface area contributed by atoms with Crippen molar-refractivity contribution in [2.45, 2.75) is 45.2 Å². The van der Waals surface area contributed by atoms with E-state index in [1.807, 2.05) is 11.4 Å². The molecule has 1 aliphatic rings. The van der Waals surface area contributed by atoms with Gasteiger partial charge in [-0.3, -0.25) is 14.4 Å². The molecule has 2 amide bonds. The van der Waals surface area contributed by atoms with Gasteiger partial charge >= 0.3 is 5.97 Å². The number of thiophene rings is 1. The number of nitrogens with one attached hydrogen (secondary N) is 1. The van der Waals surface area contributed by atoms with E-state index >= 15 is 0 Å². The topological polar surface area (TPSA) is 86.7 Å². The first-order valence-electron chi connectivity index (χ1n) is 7.30. The minimum Gasteiger partial charge on any atom is -0.481 e. The number of hydrogen-bond donors (Lipinski definition) is 2. The SMILES string of the molecule is CC(CC(=O)O)NC(=O)CCC(=O)N1CCc2sccc2C1. The number of carboxylic acid groups (broad SMARTS) is 1. The van der Waals surface area contributed by atoms with Crippen molar-refractivity contribution in [2.75, 3.05) is 6.54 Å². The first kappa shape index (κ1) is 16.5. The first-order chi connectivity index (χ1) is 10.5. The lowest BCUT2D eigenvalue weighted by atomic mass is 10.1. The number of carboxylic acids is 1. The third kappa shape index (κ3) is 4.56. The fourth-order valence-electron chi connectivity index (χ4n) is 2.50. The summed E-state index contributed by atoms with van der Waals surface area (Å²) in [5.74, 6) is -1.27. The summed E-state index contributed by atoms with van der Waals surface area (Å²) in [5.41, 5.74) is 1.20. The van der Waals surface area contributed by atoms with Crippen LogP contribution < -0.4 is 5.32 Å². The smallest absolute Gasteiger partial charge is 0.305 e. The molecule has 0 bridgehead atoms. The van der Waals surface area contributed by atoms with Crippen molar-refractivity contribution < 1.29 is 19.5 Å². The Kier molecular flexibility index (Phi) is 5.54. The number of aliphatic carboxylic acids is 1. The van der Waals surface area contributed by atoms with Gasteiger partial charge in [0.05, 0.1) is 6.42 Å². The number of carbonyl (C=O) groups excluding carboxylic acids is 2. The second-order valence-electron chi connectivity index (χ2n) is 5.50. The highest BCUT2D eigenvalue weighted by molar-refractivity contribution is 7.10. The Morgan fingerprint density at radius 1 is 1.41 bits per heavy atom. The molecule has 7 heteroatoms. The lowest BCUT2D eigenvalue weighted by Gasteiger charge is -2.27. The van der Waals surface area contributed by atoms with E-state index in [4.69, 9.17) is 5.11 Å². The van der Waals surface area contributed by atoms with Crippen molar-refractivity contribution in [1.29, 1.82) is 0 Å². The Morgan fingerprint density at radius 2 is 2.18 bits per heavy atom. The summed E-state index contributed by atoms with van der Waals surface area (Å²) in [6, 6.07) is 1.61. The van der Waals surface area contributed by atoms with Gasteiger partial charge in [0.15, 0.2) is 0 Å². The Bertz CT molecular complexity index is 570. The number of amides is 2. The number of hydrogen-bond acceptors (Lipinski definition) is 4. The fraction of sp³-hybridized carbons (Fsp3) is 0.533. The second kappa shape index (κ2) is 7.40. The van der Waals surface area contributed by atoms with Crippen LogP contribution in [0.3, 0.4) is 0 Å². The molecule has 0 saturated heterocycles. The first-order valence-corrected chi connectivity index (χ1v) is 8.18. The largest absolute Gasteiger partial charge is 0.481 e. The van der Waals surface area contributed by atoms with Crippen LogP contribution in [0, 0.1) is 0 Å². The van der Waals surface area contributed by atoms with Gasteiger partial charge in [0, 0.05) is 36.9 Å². The van der Waals surface area contributed by atoms with E-state index in [0.29, 0.717) is 13.1 Å². The maximum absolute atomic E-state index is 12.2. The molecule has 2 heterocycles. The van der Waals surface area contributed by atoms with E-state index < -0.39 is 12.0 Å². The summed E-state index contributed by atoms with van der Waals surface area (Å²) in [5, 5.41) is 13.3. The lowest BCUT2D eigenvalue weighted by Crippen LogP contribution is -2.37. The van der Waals surface area contributed by atoms with E-state index in [9.17, 15) is 14.4 Å². The molecule has 6 nitrogen and oxygen atoms in total. The molecule has 0 fully saturated rings. The molecule has 1 unspecified atom stereocenters. The molecule has 1 aromatic heterocycles. The molecule has 0 radical (unpaired) electrons. The number of rotatable bonds is 6. The second-order valence-corrected chi connectivity index (χ2v) is 6.50. The average molecular weight is 324 g/mol. The van der Waals surface area contributed by atoms with Crippen LogP contribution in [0.5, 0.6) is 0 Å². The molecular weight excluding hydrogens is 304 g/mol. The minimum atomic E-state index is -0.955. The third-order valence-electron chi connectivity index (χ3n) is 3.61. The van der Waals surface area contributed by atoms with Crippen molar-refractivity contribution in [1.82, 2.24) is 10.2 Å². The van der Waals surface area contributed by atoms with Crippen molar-refractivity contribution in [3.05, 3.63) is 21.9 Å². The zero-order chi connectivity index (χ0) is 16.1. The van der Waals surface area contributed by atoms with E-state index in [1.54, 1.807) is 23.2 Å². The average Bonchev–Trinajstić information content (AvgIpc) is 2.90. The summed E-state index contributed by atoms with van der Waals surface area (Å²) >= 11 is 1.72. The van der Waals surface area contributed by atoms with Gasteiger partial charge in [0.2, 0.25) is 11.8 Å². The molecule has 2 rings (SSSR count). The van der Waals surface area contributed by atoms with Gasteiger partial charge in [-0.1, -0.05) is 0 Å². The van der Waals surface area contributed by atoms with Crippen LogP contribution in [0.15, 0.2) is 11.4 Å². The molecule has 1 aliphatic heterocycles. The summed E-state index contributed by atoms with van der Waals surface area (Å²) in [7, 11) is 0. The fourth-order valence-corrected chi connectivity index (χ4v) is 3.39. The number of fused-ring (bicyclic) bond motifs is 1. The maximum Gasteiger partial charge on any atom is 0.305 e. The summed E-state index contributed by atoms with van der Waals surface area (Å²) < 4.78 is 0. The van der Waals surface area contributed by atoms with Gasteiger partial charge in [-0.25, -0.2) is 0 Å². The molecule has 0 aliphatic carbocycles. The van der Waals surface area contributed by atoms with Crippen molar-refractivity contribution in [3.63, 3.8) is 0 Å². The quantitative estimate of drug-likeness (QED) is 0.828. The zero-order valence-corrected chi connectivity index (χ0v) is 13.3. The van der Waals surface area contributed by atoms with Gasteiger partial charge in [-0.2, -0.15) is 0 Å². The Morgan fingerprint density at radius 3 is 2.91 bits per heavy atom. The molecule has 0 spiro atoms. The van der Waals surface area contributed by atoms with Crippen LogP contribution in [0.4, 0.5) is 0 Å². The van der Waals surface area contributed by atoms with Crippen molar-refractivity contribution in [2.24, 2.45) is 0 Å².